The highest BCUT2D eigenvalue weighted by Crippen LogP contribution is 2.27. The number of nitrogens with one attached hydrogen (secondary N) is 1. The van der Waals surface area contributed by atoms with Gasteiger partial charge in [0.1, 0.15) is 11.5 Å². The average Bonchev–Trinajstić information content (AvgIpc) is 3.11. The molecule has 1 unspecified atom stereocenters. The molecule has 1 atom stereocenters. The molecule has 22 heavy (non-hydrogen) atoms. The van der Waals surface area contributed by atoms with E-state index >= 15 is 0 Å². The van der Waals surface area contributed by atoms with Gasteiger partial charge in [0.25, 0.3) is 5.91 Å². The van der Waals surface area contributed by atoms with Crippen LogP contribution in [-0.2, 0) is 9.63 Å². The number of carbonyl (C=O) groups excluding carboxylic acids is 1. The monoisotopic (exact) mass is 358 g/mol. The molecule has 0 spiro atoms. The topological polar surface area (TPSA) is 50.7 Å². The van der Waals surface area contributed by atoms with Crippen LogP contribution in [0.3, 0.4) is 0 Å². The van der Waals surface area contributed by atoms with Crippen LogP contribution < -0.4 is 5.32 Å². The number of halogens is 3. The van der Waals surface area contributed by atoms with Gasteiger partial charge in [0, 0.05) is 12.1 Å². The van der Waals surface area contributed by atoms with Crippen LogP contribution in [0.5, 0.6) is 0 Å². The van der Waals surface area contributed by atoms with Gasteiger partial charge in [-0.3, -0.25) is 4.79 Å². The van der Waals surface area contributed by atoms with Crippen molar-refractivity contribution in [3.63, 3.8) is 0 Å². The van der Waals surface area contributed by atoms with Crippen LogP contribution >= 0.6 is 34.5 Å². The summed E-state index contributed by atoms with van der Waals surface area (Å²) >= 11 is 12.8. The van der Waals surface area contributed by atoms with Gasteiger partial charge in [0.05, 0.1) is 14.2 Å². The van der Waals surface area contributed by atoms with E-state index in [0.29, 0.717) is 22.2 Å². The number of hydrogen-bond donors (Lipinski definition) is 1. The highest BCUT2D eigenvalue weighted by atomic mass is 35.5. The number of oxime groups is 1. The molecule has 0 fully saturated rings. The second-order valence-corrected chi connectivity index (χ2v) is 6.68. The molecule has 1 aliphatic heterocycles. The van der Waals surface area contributed by atoms with E-state index in [-0.39, 0.29) is 5.02 Å². The lowest BCUT2D eigenvalue weighted by Gasteiger charge is -2.09. The van der Waals surface area contributed by atoms with Crippen LogP contribution in [-0.4, -0.2) is 17.7 Å². The second kappa shape index (κ2) is 6.24. The molecule has 0 saturated carbocycles. The first kappa shape index (κ1) is 15.3. The molecule has 4 nitrogen and oxygen atoms in total. The maximum Gasteiger partial charge on any atom is 0.268 e. The molecule has 1 N–H and O–H groups in total. The molecule has 3 rings (SSSR count). The van der Waals surface area contributed by atoms with Gasteiger partial charge in [-0.25, -0.2) is 4.39 Å². The average molecular weight is 359 g/mol. The van der Waals surface area contributed by atoms with Crippen molar-refractivity contribution in [2.45, 2.75) is 12.5 Å². The van der Waals surface area contributed by atoms with Crippen LogP contribution in [0.15, 0.2) is 35.5 Å². The fourth-order valence-electron chi connectivity index (χ4n) is 1.93. The normalized spacial score (nSPS) is 17.0. The lowest BCUT2D eigenvalue weighted by molar-refractivity contribution is -0.125. The number of rotatable bonds is 3. The van der Waals surface area contributed by atoms with E-state index in [1.807, 2.05) is 6.07 Å². The first-order valence-electron chi connectivity index (χ1n) is 6.27. The third-order valence-corrected chi connectivity index (χ3v) is 4.59. The van der Waals surface area contributed by atoms with E-state index in [0.717, 1.165) is 10.9 Å². The molecule has 2 heterocycles. The molecule has 1 aromatic carbocycles. The number of nitrogens with zero attached hydrogens (tertiary/aromatic N) is 1. The quantitative estimate of drug-likeness (QED) is 0.887. The molecule has 0 radical (unpaired) electrons. The van der Waals surface area contributed by atoms with Crippen LogP contribution in [0.1, 0.15) is 11.3 Å². The Hall–Kier alpha value is -1.63. The summed E-state index contributed by atoms with van der Waals surface area (Å²) in [6, 6.07) is 7.62. The molecule has 1 aromatic heterocycles. The Kier molecular flexibility index (Phi) is 4.33. The van der Waals surface area contributed by atoms with E-state index in [1.165, 1.54) is 23.5 Å². The zero-order valence-corrected chi connectivity index (χ0v) is 13.3. The molecule has 8 heteroatoms. The summed E-state index contributed by atoms with van der Waals surface area (Å²) < 4.78 is 14.0. The number of anilines is 1. The molecule has 0 saturated heterocycles. The molecule has 0 bridgehead atoms. The Bertz CT molecular complexity index is 763. The van der Waals surface area contributed by atoms with Crippen LogP contribution in [0.2, 0.25) is 9.36 Å². The van der Waals surface area contributed by atoms with E-state index in [4.69, 9.17) is 28.0 Å². The summed E-state index contributed by atoms with van der Waals surface area (Å²) in [5.74, 6) is -1.000. The molecular formula is C14H9Cl2FN2O2S. The van der Waals surface area contributed by atoms with Crippen molar-refractivity contribution in [2.75, 3.05) is 5.32 Å². The summed E-state index contributed by atoms with van der Waals surface area (Å²) in [6.45, 7) is 0. The van der Waals surface area contributed by atoms with Crippen molar-refractivity contribution in [1.82, 2.24) is 0 Å². The number of thiophene rings is 1. The van der Waals surface area contributed by atoms with Crippen molar-refractivity contribution in [3.8, 4) is 0 Å². The third-order valence-electron chi connectivity index (χ3n) is 3.01. The van der Waals surface area contributed by atoms with Gasteiger partial charge in [-0.1, -0.05) is 28.4 Å². The fourth-order valence-corrected chi connectivity index (χ4v) is 3.08. The highest BCUT2D eigenvalue weighted by Gasteiger charge is 2.29. The number of benzene rings is 1. The minimum absolute atomic E-state index is 0.00434. The summed E-state index contributed by atoms with van der Waals surface area (Å²) in [7, 11) is 0. The van der Waals surface area contributed by atoms with Gasteiger partial charge in [-0.2, -0.15) is 0 Å². The minimum atomic E-state index is -0.755. The fraction of sp³-hybridized carbons (Fsp3) is 0.143. The molecule has 114 valence electrons. The SMILES string of the molecule is O=C(Nc1ccc(Cl)c(F)c1)C1CC(c2ccc(Cl)s2)=NO1. The standard InChI is InChI=1S/C14H9Cl2FN2O2S/c15-8-2-1-7(5-9(8)17)18-14(20)11-6-10(19-21-11)12-3-4-13(16)22-12/h1-5,11H,6H2,(H,18,20). The van der Waals surface area contributed by atoms with Gasteiger partial charge >= 0.3 is 0 Å². The number of hydrogen-bond acceptors (Lipinski definition) is 4. The first-order chi connectivity index (χ1) is 10.5. The molecule has 1 amide bonds. The smallest absolute Gasteiger partial charge is 0.268 e. The summed E-state index contributed by atoms with van der Waals surface area (Å²) in [6.07, 6.45) is -0.423. The Labute approximate surface area is 139 Å². The molecule has 0 aliphatic carbocycles. The summed E-state index contributed by atoms with van der Waals surface area (Å²) in [5, 5.41) is 6.47. The van der Waals surface area contributed by atoms with E-state index in [2.05, 4.69) is 10.5 Å². The van der Waals surface area contributed by atoms with Crippen molar-refractivity contribution < 1.29 is 14.0 Å². The Morgan fingerprint density at radius 1 is 1.36 bits per heavy atom. The second-order valence-electron chi connectivity index (χ2n) is 4.56. The Balaban J connectivity index is 1.64. The highest BCUT2D eigenvalue weighted by molar-refractivity contribution is 7.18. The zero-order valence-electron chi connectivity index (χ0n) is 11.0. The third kappa shape index (κ3) is 3.24. The van der Waals surface area contributed by atoms with E-state index in [1.54, 1.807) is 6.07 Å². The summed E-state index contributed by atoms with van der Waals surface area (Å²) in [4.78, 5) is 18.1. The number of carbonyl (C=O) groups is 1. The predicted molar refractivity (Wildman–Crippen MR) is 85.4 cm³/mol. The van der Waals surface area contributed by atoms with Crippen molar-refractivity contribution in [1.29, 1.82) is 0 Å². The van der Waals surface area contributed by atoms with Gasteiger partial charge in [-0.05, 0) is 30.3 Å². The lowest BCUT2D eigenvalue weighted by Crippen LogP contribution is -2.28. The van der Waals surface area contributed by atoms with Crippen LogP contribution in [0, 0.1) is 5.82 Å². The molecular weight excluding hydrogens is 350 g/mol. The largest absolute Gasteiger partial charge is 0.382 e. The Morgan fingerprint density at radius 2 is 2.18 bits per heavy atom. The maximum absolute atomic E-state index is 13.3. The van der Waals surface area contributed by atoms with Crippen LogP contribution in [0.4, 0.5) is 10.1 Å². The molecule has 2 aromatic rings. The van der Waals surface area contributed by atoms with E-state index in [9.17, 15) is 9.18 Å². The van der Waals surface area contributed by atoms with Crippen molar-refractivity contribution in [3.05, 3.63) is 50.4 Å². The van der Waals surface area contributed by atoms with Gasteiger partial charge in [0.2, 0.25) is 6.10 Å². The van der Waals surface area contributed by atoms with Gasteiger partial charge in [0.15, 0.2) is 0 Å². The van der Waals surface area contributed by atoms with Crippen LogP contribution in [0.25, 0.3) is 0 Å². The maximum atomic E-state index is 13.3. The molecule has 1 aliphatic rings. The van der Waals surface area contributed by atoms with Crippen molar-refractivity contribution in [2.24, 2.45) is 5.16 Å². The predicted octanol–water partition coefficient (Wildman–Crippen LogP) is 4.33. The van der Waals surface area contributed by atoms with Crippen molar-refractivity contribution >= 4 is 51.8 Å². The van der Waals surface area contributed by atoms with Gasteiger partial charge < -0.3 is 10.2 Å². The lowest BCUT2D eigenvalue weighted by atomic mass is 10.1. The number of amides is 1. The first-order valence-corrected chi connectivity index (χ1v) is 7.84. The van der Waals surface area contributed by atoms with E-state index < -0.39 is 17.8 Å². The zero-order chi connectivity index (χ0) is 15.7. The summed E-state index contributed by atoms with van der Waals surface area (Å²) in [5.41, 5.74) is 0.974. The minimum Gasteiger partial charge on any atom is -0.382 e. The van der Waals surface area contributed by atoms with Gasteiger partial charge in [-0.15, -0.1) is 11.3 Å². The Morgan fingerprint density at radius 3 is 2.86 bits per heavy atom.